The van der Waals surface area contributed by atoms with Crippen molar-refractivity contribution in [2.75, 3.05) is 7.11 Å². The van der Waals surface area contributed by atoms with Crippen molar-refractivity contribution in [3.05, 3.63) is 70.7 Å². The van der Waals surface area contributed by atoms with E-state index in [1.54, 1.807) is 7.11 Å². The van der Waals surface area contributed by atoms with Crippen molar-refractivity contribution in [3.8, 4) is 22.6 Å². The lowest BCUT2D eigenvalue weighted by molar-refractivity contribution is 0.0903. The van der Waals surface area contributed by atoms with Crippen molar-refractivity contribution in [1.29, 1.82) is 0 Å². The predicted molar refractivity (Wildman–Crippen MR) is 111 cm³/mol. The van der Waals surface area contributed by atoms with E-state index in [9.17, 15) is 4.79 Å². The van der Waals surface area contributed by atoms with E-state index >= 15 is 0 Å². The number of aryl methyl sites for hydroxylation is 1. The topological polar surface area (TPSA) is 48.7 Å². The van der Waals surface area contributed by atoms with Gasteiger partial charge in [-0.05, 0) is 36.6 Å². The second kappa shape index (κ2) is 6.24. The zero-order chi connectivity index (χ0) is 20.3. The number of hydrogen-bond donors (Lipinski definition) is 0. The summed E-state index contributed by atoms with van der Waals surface area (Å²) in [6.07, 6.45) is 0.881. The number of ketones is 1. The standard InChI is InChI=1S/C25H24O4/c1-14-5-10-19-17(11-14)21-22-18(26)12-25(2,3)13-20(22)29-24(21)23(28-19)15-6-8-16(27-4)9-7-15/h5-11,23H,12-13H2,1-4H3. The molecule has 4 nitrogen and oxygen atoms in total. The molecule has 148 valence electrons. The third-order valence-electron chi connectivity index (χ3n) is 5.87. The molecule has 0 amide bonds. The van der Waals surface area contributed by atoms with Gasteiger partial charge in [0, 0.05) is 29.5 Å². The molecule has 1 aliphatic carbocycles. The van der Waals surface area contributed by atoms with E-state index in [0.29, 0.717) is 6.42 Å². The van der Waals surface area contributed by atoms with Gasteiger partial charge in [0.2, 0.25) is 0 Å². The van der Waals surface area contributed by atoms with Gasteiger partial charge in [0.05, 0.1) is 12.7 Å². The van der Waals surface area contributed by atoms with Crippen molar-refractivity contribution in [2.45, 2.75) is 39.7 Å². The number of benzene rings is 2. The Bertz CT molecular complexity index is 1120. The quantitative estimate of drug-likeness (QED) is 0.548. The smallest absolute Gasteiger partial charge is 0.182 e. The van der Waals surface area contributed by atoms with E-state index in [1.165, 1.54) is 0 Å². The first-order chi connectivity index (χ1) is 13.9. The van der Waals surface area contributed by atoms with Crippen LogP contribution in [-0.4, -0.2) is 12.9 Å². The molecule has 0 fully saturated rings. The Balaban J connectivity index is 1.73. The minimum Gasteiger partial charge on any atom is -0.497 e. The summed E-state index contributed by atoms with van der Waals surface area (Å²) < 4.78 is 18.1. The van der Waals surface area contributed by atoms with E-state index in [1.807, 2.05) is 43.3 Å². The van der Waals surface area contributed by atoms with Crippen molar-refractivity contribution < 1.29 is 18.7 Å². The summed E-state index contributed by atoms with van der Waals surface area (Å²) in [6, 6.07) is 13.9. The molecule has 0 N–H and O–H groups in total. The highest BCUT2D eigenvalue weighted by Gasteiger charge is 2.42. The molecular weight excluding hydrogens is 364 g/mol. The summed E-state index contributed by atoms with van der Waals surface area (Å²) in [5, 5.41) is 0. The average Bonchev–Trinajstić information content (AvgIpc) is 3.06. The summed E-state index contributed by atoms with van der Waals surface area (Å²) >= 11 is 0. The minimum absolute atomic E-state index is 0.101. The maximum Gasteiger partial charge on any atom is 0.182 e. The number of carbonyl (C=O) groups is 1. The molecule has 0 spiro atoms. The number of rotatable bonds is 2. The molecule has 2 aromatic carbocycles. The molecule has 0 bridgehead atoms. The summed E-state index contributed by atoms with van der Waals surface area (Å²) in [4.78, 5) is 13.1. The molecule has 4 heteroatoms. The molecular formula is C25H24O4. The lowest BCUT2D eigenvalue weighted by atomic mass is 9.75. The van der Waals surface area contributed by atoms with Crippen molar-refractivity contribution >= 4 is 5.78 Å². The number of furan rings is 1. The number of carbonyl (C=O) groups excluding carboxylic acids is 1. The van der Waals surface area contributed by atoms with Crippen LogP contribution in [0.1, 0.15) is 59.4 Å². The van der Waals surface area contributed by atoms with Crippen LogP contribution >= 0.6 is 0 Å². The van der Waals surface area contributed by atoms with Crippen LogP contribution in [0.5, 0.6) is 11.5 Å². The average molecular weight is 388 g/mol. The summed E-state index contributed by atoms with van der Waals surface area (Å²) in [7, 11) is 1.65. The lowest BCUT2D eigenvalue weighted by Crippen LogP contribution is -2.26. The van der Waals surface area contributed by atoms with Gasteiger partial charge >= 0.3 is 0 Å². The molecule has 1 aromatic heterocycles. The maximum absolute atomic E-state index is 13.1. The fourth-order valence-corrected chi connectivity index (χ4v) is 4.51. The van der Waals surface area contributed by atoms with Gasteiger partial charge in [-0.15, -0.1) is 0 Å². The van der Waals surface area contributed by atoms with Crippen LogP contribution in [-0.2, 0) is 6.42 Å². The predicted octanol–water partition coefficient (Wildman–Crippen LogP) is 5.90. The fraction of sp³-hybridized carbons (Fsp3) is 0.320. The van der Waals surface area contributed by atoms with Crippen LogP contribution in [0.25, 0.3) is 11.1 Å². The molecule has 2 aliphatic rings. The van der Waals surface area contributed by atoms with E-state index in [2.05, 4.69) is 19.9 Å². The summed E-state index contributed by atoms with van der Waals surface area (Å²) in [6.45, 7) is 6.28. The highest BCUT2D eigenvalue weighted by molar-refractivity contribution is 6.06. The molecule has 1 atom stereocenters. The van der Waals surface area contributed by atoms with Crippen LogP contribution in [0.15, 0.2) is 46.9 Å². The number of fused-ring (bicyclic) bond motifs is 5. The Morgan fingerprint density at radius 2 is 1.79 bits per heavy atom. The second-order valence-electron chi connectivity index (χ2n) is 8.85. The summed E-state index contributed by atoms with van der Waals surface area (Å²) in [5.74, 6) is 3.24. The molecule has 0 radical (unpaired) electrons. The van der Waals surface area contributed by atoms with Crippen LogP contribution < -0.4 is 9.47 Å². The molecule has 0 saturated carbocycles. The third-order valence-corrected chi connectivity index (χ3v) is 5.87. The minimum atomic E-state index is -0.396. The Labute approximate surface area is 170 Å². The molecule has 0 saturated heterocycles. The SMILES string of the molecule is COc1ccc(C2Oc3ccc(C)cc3-c3c2oc2c3C(=O)CC(C)(C)C2)cc1. The van der Waals surface area contributed by atoms with Crippen molar-refractivity contribution in [2.24, 2.45) is 5.41 Å². The Morgan fingerprint density at radius 3 is 2.52 bits per heavy atom. The van der Waals surface area contributed by atoms with Gasteiger partial charge in [0.1, 0.15) is 17.3 Å². The zero-order valence-corrected chi connectivity index (χ0v) is 17.2. The van der Waals surface area contributed by atoms with Crippen LogP contribution in [0, 0.1) is 12.3 Å². The van der Waals surface area contributed by atoms with Crippen LogP contribution in [0.3, 0.4) is 0 Å². The maximum atomic E-state index is 13.1. The number of methoxy groups -OCH3 is 1. The van der Waals surface area contributed by atoms with Gasteiger partial charge in [0.25, 0.3) is 0 Å². The fourth-order valence-electron chi connectivity index (χ4n) is 4.51. The van der Waals surface area contributed by atoms with Crippen molar-refractivity contribution in [3.63, 3.8) is 0 Å². The first-order valence-electron chi connectivity index (χ1n) is 9.97. The highest BCUT2D eigenvalue weighted by atomic mass is 16.5. The van der Waals surface area contributed by atoms with Gasteiger partial charge in [0.15, 0.2) is 17.6 Å². The Kier molecular flexibility index (Phi) is 3.89. The highest BCUT2D eigenvalue weighted by Crippen LogP contribution is 2.51. The van der Waals surface area contributed by atoms with Crippen molar-refractivity contribution in [1.82, 2.24) is 0 Å². The normalized spacial score (nSPS) is 19.0. The second-order valence-corrected chi connectivity index (χ2v) is 8.85. The molecule has 2 heterocycles. The molecule has 29 heavy (non-hydrogen) atoms. The Morgan fingerprint density at radius 1 is 1.03 bits per heavy atom. The van der Waals surface area contributed by atoms with Crippen LogP contribution in [0.4, 0.5) is 0 Å². The van der Waals surface area contributed by atoms with E-state index < -0.39 is 6.10 Å². The summed E-state index contributed by atoms with van der Waals surface area (Å²) in [5.41, 5.74) is 4.59. The third kappa shape index (κ3) is 2.86. The van der Waals surface area contributed by atoms with Gasteiger partial charge in [-0.25, -0.2) is 0 Å². The lowest BCUT2D eigenvalue weighted by Gasteiger charge is -2.28. The largest absolute Gasteiger partial charge is 0.497 e. The molecule has 3 aromatic rings. The van der Waals surface area contributed by atoms with Gasteiger partial charge in [-0.2, -0.15) is 0 Å². The molecule has 5 rings (SSSR count). The number of hydrogen-bond acceptors (Lipinski definition) is 4. The zero-order valence-electron chi connectivity index (χ0n) is 17.2. The molecule has 1 unspecified atom stereocenters. The van der Waals surface area contributed by atoms with Crippen LogP contribution in [0.2, 0.25) is 0 Å². The number of Topliss-reactive ketones (excluding diaryl/α,β-unsaturated/α-hetero) is 1. The molecule has 1 aliphatic heterocycles. The van der Waals surface area contributed by atoms with Gasteiger partial charge in [-0.1, -0.05) is 37.6 Å². The Hall–Kier alpha value is -3.01. The van der Waals surface area contributed by atoms with Gasteiger partial charge in [-0.3, -0.25) is 4.79 Å². The monoisotopic (exact) mass is 388 g/mol. The number of ether oxygens (including phenoxy) is 2. The first kappa shape index (κ1) is 18.0. The van der Waals surface area contributed by atoms with Gasteiger partial charge < -0.3 is 13.9 Å². The van der Waals surface area contributed by atoms with E-state index in [-0.39, 0.29) is 11.2 Å². The van der Waals surface area contributed by atoms with E-state index in [4.69, 9.17) is 13.9 Å². The first-order valence-corrected chi connectivity index (χ1v) is 9.97. The van der Waals surface area contributed by atoms with E-state index in [0.717, 1.165) is 57.3 Å².